The van der Waals surface area contributed by atoms with Gasteiger partial charge in [-0.1, -0.05) is 11.5 Å². The monoisotopic (exact) mass is 269 g/mol. The van der Waals surface area contributed by atoms with Gasteiger partial charge in [0.05, 0.1) is 0 Å². The molecule has 0 unspecified atom stereocenters. The Balaban J connectivity index is 2.43. The summed E-state index contributed by atoms with van der Waals surface area (Å²) in [4.78, 5) is 13.5. The number of amides is 1. The minimum Gasteiger partial charge on any atom is -0.444 e. The lowest BCUT2D eigenvalue weighted by Gasteiger charge is -2.30. The molecule has 19 heavy (non-hydrogen) atoms. The smallest absolute Gasteiger partial charge is 0.410 e. The van der Waals surface area contributed by atoms with Gasteiger partial charge >= 0.3 is 13.6 Å². The molecule has 0 radical (unpaired) electrons. The zero-order valence-corrected chi connectivity index (χ0v) is 12.5. The van der Waals surface area contributed by atoms with Crippen LogP contribution in [0.3, 0.4) is 0 Å². The molecule has 0 aliphatic carbocycles. The lowest BCUT2D eigenvalue weighted by molar-refractivity contribution is -0.103. The van der Waals surface area contributed by atoms with Crippen molar-refractivity contribution in [1.82, 2.24) is 4.90 Å². The van der Waals surface area contributed by atoms with Crippen molar-refractivity contribution in [2.24, 2.45) is 0 Å². The van der Waals surface area contributed by atoms with Gasteiger partial charge in [-0.2, -0.15) is 0 Å². The standard InChI is InChI=1S/C13H24BNO4/c1-12(2,3)18-11(16)15-8-6-10(7-9-15)14-19-13(4,5)17/h6,14,17H,7-9H2,1-5H3. The Morgan fingerprint density at radius 1 is 1.37 bits per heavy atom. The molecule has 1 heterocycles. The first kappa shape index (κ1) is 16.1. The molecule has 0 spiro atoms. The summed E-state index contributed by atoms with van der Waals surface area (Å²) in [5.74, 6) is -1.12. The number of hydrogen-bond acceptors (Lipinski definition) is 4. The van der Waals surface area contributed by atoms with Crippen LogP contribution in [0.2, 0.25) is 0 Å². The molecule has 1 amide bonds. The minimum absolute atomic E-state index is 0.286. The molecule has 5 nitrogen and oxygen atoms in total. The van der Waals surface area contributed by atoms with Crippen molar-refractivity contribution < 1.29 is 19.3 Å². The molecular weight excluding hydrogens is 245 g/mol. The highest BCUT2D eigenvalue weighted by atomic mass is 16.6. The maximum Gasteiger partial charge on any atom is 0.410 e. The molecule has 1 rings (SSSR count). The summed E-state index contributed by atoms with van der Waals surface area (Å²) in [5.41, 5.74) is 0.632. The number of ether oxygens (including phenoxy) is 1. The highest BCUT2D eigenvalue weighted by molar-refractivity contribution is 6.38. The quantitative estimate of drug-likeness (QED) is 0.624. The summed E-state index contributed by atoms with van der Waals surface area (Å²) < 4.78 is 10.6. The molecule has 0 aromatic carbocycles. The van der Waals surface area contributed by atoms with Crippen LogP contribution in [0.5, 0.6) is 0 Å². The fourth-order valence-electron chi connectivity index (χ4n) is 1.60. The third-order valence-corrected chi connectivity index (χ3v) is 2.57. The van der Waals surface area contributed by atoms with Crippen LogP contribution in [0.25, 0.3) is 0 Å². The van der Waals surface area contributed by atoms with Gasteiger partial charge in [0.15, 0.2) is 0 Å². The first-order valence-corrected chi connectivity index (χ1v) is 6.59. The third-order valence-electron chi connectivity index (χ3n) is 2.57. The SMILES string of the molecule is CC(C)(C)OC(=O)N1CC=C(BOC(C)(C)O)CC1. The molecule has 0 bridgehead atoms. The molecule has 0 saturated heterocycles. The predicted octanol–water partition coefficient (Wildman–Crippen LogP) is 1.61. The van der Waals surface area contributed by atoms with Crippen LogP contribution in [0.15, 0.2) is 11.5 Å². The average molecular weight is 269 g/mol. The van der Waals surface area contributed by atoms with Gasteiger partial charge in [-0.25, -0.2) is 4.79 Å². The zero-order chi connectivity index (χ0) is 14.7. The zero-order valence-electron chi connectivity index (χ0n) is 12.5. The lowest BCUT2D eigenvalue weighted by atomic mass is 9.82. The first-order chi connectivity index (χ1) is 8.57. The van der Waals surface area contributed by atoms with Gasteiger partial charge in [-0.05, 0) is 41.0 Å². The number of nitrogens with zero attached hydrogens (tertiary/aromatic N) is 1. The Bertz CT molecular complexity index is 355. The van der Waals surface area contributed by atoms with Crippen LogP contribution in [-0.2, 0) is 9.39 Å². The van der Waals surface area contributed by atoms with Gasteiger partial charge in [0, 0.05) is 13.1 Å². The van der Waals surface area contributed by atoms with Crippen molar-refractivity contribution in [1.29, 1.82) is 0 Å². The van der Waals surface area contributed by atoms with Gasteiger partial charge < -0.3 is 19.4 Å². The molecule has 0 atom stereocenters. The van der Waals surface area contributed by atoms with Gasteiger partial charge in [0.1, 0.15) is 11.4 Å². The molecule has 0 saturated carbocycles. The number of aliphatic hydroxyl groups is 1. The van der Waals surface area contributed by atoms with E-state index in [4.69, 9.17) is 9.39 Å². The average Bonchev–Trinajstić information content (AvgIpc) is 2.23. The van der Waals surface area contributed by atoms with Crippen molar-refractivity contribution in [3.8, 4) is 0 Å². The second-order valence-corrected chi connectivity index (χ2v) is 6.27. The summed E-state index contributed by atoms with van der Waals surface area (Å²) in [5, 5.41) is 9.48. The highest BCUT2D eigenvalue weighted by Gasteiger charge is 2.24. The summed E-state index contributed by atoms with van der Waals surface area (Å²) in [6.07, 6.45) is 2.42. The largest absolute Gasteiger partial charge is 0.444 e. The van der Waals surface area contributed by atoms with E-state index in [1.165, 1.54) is 0 Å². The number of carbonyl (C=O) groups is 1. The maximum atomic E-state index is 11.8. The Labute approximate surface area is 115 Å². The number of carbonyl (C=O) groups excluding carboxylic acids is 1. The van der Waals surface area contributed by atoms with Crippen molar-refractivity contribution >= 4 is 13.6 Å². The molecule has 0 aromatic rings. The van der Waals surface area contributed by atoms with E-state index in [9.17, 15) is 9.90 Å². The Morgan fingerprint density at radius 3 is 2.42 bits per heavy atom. The van der Waals surface area contributed by atoms with E-state index in [-0.39, 0.29) is 6.09 Å². The van der Waals surface area contributed by atoms with Gasteiger partial charge in [-0.15, -0.1) is 0 Å². The van der Waals surface area contributed by atoms with E-state index in [1.54, 1.807) is 18.7 Å². The fraction of sp³-hybridized carbons (Fsp3) is 0.769. The predicted molar refractivity (Wildman–Crippen MR) is 75.0 cm³/mol. The highest BCUT2D eigenvalue weighted by Crippen LogP contribution is 2.16. The fourth-order valence-corrected chi connectivity index (χ4v) is 1.60. The van der Waals surface area contributed by atoms with Gasteiger partial charge in [-0.3, -0.25) is 0 Å². The molecule has 6 heteroatoms. The van der Waals surface area contributed by atoms with Crippen LogP contribution in [0.1, 0.15) is 41.0 Å². The Kier molecular flexibility index (Phi) is 5.04. The molecule has 1 aliphatic heterocycles. The summed E-state index contributed by atoms with van der Waals surface area (Å²) in [6, 6.07) is 0. The first-order valence-electron chi connectivity index (χ1n) is 6.59. The maximum absolute atomic E-state index is 11.8. The molecule has 0 fully saturated rings. The van der Waals surface area contributed by atoms with Gasteiger partial charge in [0.2, 0.25) is 0 Å². The molecule has 108 valence electrons. The summed E-state index contributed by atoms with van der Waals surface area (Å²) >= 11 is 0. The summed E-state index contributed by atoms with van der Waals surface area (Å²) in [7, 11) is 0.395. The molecule has 1 aliphatic rings. The van der Waals surface area contributed by atoms with Crippen LogP contribution < -0.4 is 0 Å². The Morgan fingerprint density at radius 2 is 2.00 bits per heavy atom. The lowest BCUT2D eigenvalue weighted by Crippen LogP contribution is -2.40. The second kappa shape index (κ2) is 5.97. The van der Waals surface area contributed by atoms with E-state index in [1.807, 2.05) is 26.8 Å². The third kappa shape index (κ3) is 6.64. The van der Waals surface area contributed by atoms with E-state index in [2.05, 4.69) is 0 Å². The van der Waals surface area contributed by atoms with E-state index in [0.29, 0.717) is 20.6 Å². The molecular formula is C13H24BNO4. The summed E-state index contributed by atoms with van der Waals surface area (Å²) in [6.45, 7) is 9.91. The van der Waals surface area contributed by atoms with Gasteiger partial charge in [0.25, 0.3) is 0 Å². The number of hydrogen-bond donors (Lipinski definition) is 1. The molecule has 1 N–H and O–H groups in total. The van der Waals surface area contributed by atoms with E-state index < -0.39 is 11.4 Å². The number of rotatable bonds is 3. The topological polar surface area (TPSA) is 59.0 Å². The molecule has 0 aromatic heterocycles. The van der Waals surface area contributed by atoms with E-state index >= 15 is 0 Å². The van der Waals surface area contributed by atoms with Crippen molar-refractivity contribution in [3.63, 3.8) is 0 Å². The van der Waals surface area contributed by atoms with Crippen molar-refractivity contribution in [2.45, 2.75) is 52.4 Å². The second-order valence-electron chi connectivity index (χ2n) is 6.27. The Hall–Kier alpha value is -1.01. The van der Waals surface area contributed by atoms with Crippen molar-refractivity contribution in [2.75, 3.05) is 13.1 Å². The van der Waals surface area contributed by atoms with Crippen LogP contribution in [-0.4, -0.2) is 48.1 Å². The van der Waals surface area contributed by atoms with Crippen LogP contribution in [0.4, 0.5) is 4.79 Å². The minimum atomic E-state index is -1.12. The van der Waals surface area contributed by atoms with E-state index in [0.717, 1.165) is 11.9 Å². The normalized spacial score (nSPS) is 16.9. The van der Waals surface area contributed by atoms with Crippen molar-refractivity contribution in [3.05, 3.63) is 11.5 Å². The van der Waals surface area contributed by atoms with Crippen LogP contribution in [0, 0.1) is 0 Å². The van der Waals surface area contributed by atoms with Crippen LogP contribution >= 0.6 is 0 Å².